The number of nitrogens with one attached hydrogen (secondary N) is 2. The first-order valence-electron chi connectivity index (χ1n) is 5.44. The Hall–Kier alpha value is -1.58. The van der Waals surface area contributed by atoms with Gasteiger partial charge in [-0.3, -0.25) is 0 Å². The minimum Gasteiger partial charge on any atom is -0.331 e. The molecule has 2 rings (SSSR count). The second-order valence-corrected chi connectivity index (χ2v) is 4.48. The SMILES string of the molecule is CC(C)CC1NC(=O)Nc2c(F)cccc21. The van der Waals surface area contributed by atoms with Crippen molar-refractivity contribution in [2.45, 2.75) is 26.3 Å². The maximum absolute atomic E-state index is 13.5. The van der Waals surface area contributed by atoms with Gasteiger partial charge in [-0.1, -0.05) is 26.0 Å². The maximum Gasteiger partial charge on any atom is 0.319 e. The summed E-state index contributed by atoms with van der Waals surface area (Å²) >= 11 is 0. The molecule has 4 heteroatoms. The van der Waals surface area contributed by atoms with Gasteiger partial charge in [0.2, 0.25) is 0 Å². The van der Waals surface area contributed by atoms with Crippen LogP contribution < -0.4 is 10.6 Å². The normalized spacial score (nSPS) is 19.0. The number of para-hydroxylation sites is 1. The molecule has 0 spiro atoms. The highest BCUT2D eigenvalue weighted by atomic mass is 19.1. The smallest absolute Gasteiger partial charge is 0.319 e. The Morgan fingerprint density at radius 2 is 2.19 bits per heavy atom. The van der Waals surface area contributed by atoms with E-state index < -0.39 is 0 Å². The monoisotopic (exact) mass is 222 g/mol. The summed E-state index contributed by atoms with van der Waals surface area (Å²) in [5.74, 6) is 0.0700. The number of hydrogen-bond donors (Lipinski definition) is 2. The van der Waals surface area contributed by atoms with Gasteiger partial charge in [0.05, 0.1) is 11.7 Å². The number of fused-ring (bicyclic) bond motifs is 1. The molecule has 0 fully saturated rings. The molecule has 0 saturated carbocycles. The Morgan fingerprint density at radius 1 is 1.44 bits per heavy atom. The second kappa shape index (κ2) is 4.12. The zero-order valence-corrected chi connectivity index (χ0v) is 9.38. The molecule has 0 radical (unpaired) electrons. The lowest BCUT2D eigenvalue weighted by molar-refractivity contribution is 0.245. The van der Waals surface area contributed by atoms with Gasteiger partial charge in [0.15, 0.2) is 0 Å². The van der Waals surface area contributed by atoms with E-state index in [2.05, 4.69) is 24.5 Å². The van der Waals surface area contributed by atoms with E-state index in [0.717, 1.165) is 12.0 Å². The fraction of sp³-hybridized carbons (Fsp3) is 0.417. The van der Waals surface area contributed by atoms with E-state index in [9.17, 15) is 9.18 Å². The van der Waals surface area contributed by atoms with Gasteiger partial charge >= 0.3 is 6.03 Å². The minimum atomic E-state index is -0.374. The van der Waals surface area contributed by atoms with Gasteiger partial charge in [-0.15, -0.1) is 0 Å². The molecule has 0 aliphatic carbocycles. The van der Waals surface area contributed by atoms with E-state index in [4.69, 9.17) is 0 Å². The summed E-state index contributed by atoms with van der Waals surface area (Å²) in [4.78, 5) is 11.4. The Morgan fingerprint density at radius 3 is 2.88 bits per heavy atom. The Bertz CT molecular complexity index is 417. The van der Waals surface area contributed by atoms with Crippen molar-refractivity contribution < 1.29 is 9.18 Å². The van der Waals surface area contributed by atoms with Crippen LogP contribution in [0.5, 0.6) is 0 Å². The van der Waals surface area contributed by atoms with E-state index in [0.29, 0.717) is 11.6 Å². The van der Waals surface area contributed by atoms with Crippen molar-refractivity contribution in [3.05, 3.63) is 29.6 Å². The van der Waals surface area contributed by atoms with Crippen LogP contribution >= 0.6 is 0 Å². The number of hydrogen-bond acceptors (Lipinski definition) is 1. The molecule has 1 aromatic rings. The lowest BCUT2D eigenvalue weighted by Crippen LogP contribution is -2.38. The third kappa shape index (κ3) is 2.01. The van der Waals surface area contributed by atoms with Gasteiger partial charge in [-0.05, 0) is 18.4 Å². The molecule has 2 amide bonds. The molecule has 1 aliphatic heterocycles. The number of carbonyl (C=O) groups excluding carboxylic acids is 1. The highest BCUT2D eigenvalue weighted by Gasteiger charge is 2.26. The van der Waals surface area contributed by atoms with Gasteiger partial charge in [-0.2, -0.15) is 0 Å². The van der Waals surface area contributed by atoms with Crippen LogP contribution in [0.4, 0.5) is 14.9 Å². The van der Waals surface area contributed by atoms with Crippen molar-refractivity contribution in [3.8, 4) is 0 Å². The van der Waals surface area contributed by atoms with Crippen LogP contribution in [0.2, 0.25) is 0 Å². The van der Waals surface area contributed by atoms with E-state index in [1.165, 1.54) is 6.07 Å². The quantitative estimate of drug-likeness (QED) is 0.793. The van der Waals surface area contributed by atoms with Crippen LogP contribution in [0, 0.1) is 11.7 Å². The van der Waals surface area contributed by atoms with Crippen molar-refractivity contribution >= 4 is 11.7 Å². The Balaban J connectivity index is 2.38. The van der Waals surface area contributed by atoms with Gasteiger partial charge in [0.25, 0.3) is 0 Å². The number of rotatable bonds is 2. The molecule has 1 aromatic carbocycles. The molecule has 86 valence electrons. The maximum atomic E-state index is 13.5. The molecule has 0 aromatic heterocycles. The van der Waals surface area contributed by atoms with Crippen LogP contribution in [0.25, 0.3) is 0 Å². The number of benzene rings is 1. The zero-order valence-electron chi connectivity index (χ0n) is 9.38. The van der Waals surface area contributed by atoms with E-state index in [1.54, 1.807) is 6.07 Å². The minimum absolute atomic E-state index is 0.0977. The molecule has 0 saturated heterocycles. The van der Waals surface area contributed by atoms with Crippen LogP contribution in [0.15, 0.2) is 18.2 Å². The van der Waals surface area contributed by atoms with E-state index in [1.807, 2.05) is 6.07 Å². The predicted molar refractivity (Wildman–Crippen MR) is 60.8 cm³/mol. The first-order chi connectivity index (χ1) is 7.58. The van der Waals surface area contributed by atoms with Crippen molar-refractivity contribution in [2.24, 2.45) is 5.92 Å². The Kier molecular flexibility index (Phi) is 2.81. The molecular weight excluding hydrogens is 207 g/mol. The van der Waals surface area contributed by atoms with Crippen molar-refractivity contribution in [1.29, 1.82) is 0 Å². The topological polar surface area (TPSA) is 41.1 Å². The number of urea groups is 1. The van der Waals surface area contributed by atoms with Crippen LogP contribution in [0.3, 0.4) is 0 Å². The molecule has 1 atom stereocenters. The third-order valence-corrected chi connectivity index (χ3v) is 2.67. The predicted octanol–water partition coefficient (Wildman–Crippen LogP) is 3.05. The van der Waals surface area contributed by atoms with Crippen LogP contribution in [0.1, 0.15) is 31.9 Å². The molecule has 16 heavy (non-hydrogen) atoms. The summed E-state index contributed by atoms with van der Waals surface area (Å²) in [5, 5.41) is 5.32. The fourth-order valence-corrected chi connectivity index (χ4v) is 2.01. The van der Waals surface area contributed by atoms with Gasteiger partial charge < -0.3 is 10.6 Å². The lowest BCUT2D eigenvalue weighted by Gasteiger charge is -2.28. The van der Waals surface area contributed by atoms with Gasteiger partial charge in [0, 0.05) is 5.56 Å². The summed E-state index contributed by atoms with van der Waals surface area (Å²) in [6.45, 7) is 4.15. The molecule has 1 heterocycles. The number of amides is 2. The Labute approximate surface area is 94.0 Å². The molecular formula is C12H15FN2O. The van der Waals surface area contributed by atoms with Crippen molar-refractivity contribution in [1.82, 2.24) is 5.32 Å². The van der Waals surface area contributed by atoms with Crippen molar-refractivity contribution in [2.75, 3.05) is 5.32 Å². The standard InChI is InChI=1S/C12H15FN2O/c1-7(2)6-10-8-4-3-5-9(13)11(8)15-12(16)14-10/h3-5,7,10H,6H2,1-2H3,(H2,14,15,16). The summed E-state index contributed by atoms with van der Waals surface area (Å²) in [6.07, 6.45) is 0.809. The highest BCUT2D eigenvalue weighted by Crippen LogP contribution is 2.32. The summed E-state index contributed by atoms with van der Waals surface area (Å²) in [5.41, 5.74) is 1.14. The molecule has 1 aliphatic rings. The zero-order chi connectivity index (χ0) is 11.7. The summed E-state index contributed by atoms with van der Waals surface area (Å²) < 4.78 is 13.5. The van der Waals surface area contributed by atoms with Crippen molar-refractivity contribution in [3.63, 3.8) is 0 Å². The average molecular weight is 222 g/mol. The second-order valence-electron chi connectivity index (χ2n) is 4.48. The van der Waals surface area contributed by atoms with Gasteiger partial charge in [-0.25, -0.2) is 9.18 Å². The first kappa shape index (κ1) is 10.9. The third-order valence-electron chi connectivity index (χ3n) is 2.67. The van der Waals surface area contributed by atoms with Crippen LogP contribution in [-0.2, 0) is 0 Å². The number of halogens is 1. The fourth-order valence-electron chi connectivity index (χ4n) is 2.01. The lowest BCUT2D eigenvalue weighted by atomic mass is 9.94. The molecule has 0 bridgehead atoms. The highest BCUT2D eigenvalue weighted by molar-refractivity contribution is 5.93. The van der Waals surface area contributed by atoms with E-state index >= 15 is 0 Å². The molecule has 3 nitrogen and oxygen atoms in total. The largest absolute Gasteiger partial charge is 0.331 e. The van der Waals surface area contributed by atoms with E-state index in [-0.39, 0.29) is 17.9 Å². The molecule has 1 unspecified atom stereocenters. The number of anilines is 1. The number of carbonyl (C=O) groups is 1. The summed E-state index contributed by atoms with van der Waals surface area (Å²) in [6, 6.07) is 4.44. The first-order valence-corrected chi connectivity index (χ1v) is 5.44. The summed E-state index contributed by atoms with van der Waals surface area (Å²) in [7, 11) is 0. The van der Waals surface area contributed by atoms with Gasteiger partial charge in [0.1, 0.15) is 5.82 Å². The van der Waals surface area contributed by atoms with Crippen LogP contribution in [-0.4, -0.2) is 6.03 Å². The average Bonchev–Trinajstić information content (AvgIpc) is 2.18. The molecule has 2 N–H and O–H groups in total.